The van der Waals surface area contributed by atoms with E-state index in [1.165, 1.54) is 12.1 Å². The number of hydrogen-bond acceptors (Lipinski definition) is 0. The topological polar surface area (TPSA) is 0 Å². The Kier molecular flexibility index (Phi) is 6.02. The fourth-order valence-corrected chi connectivity index (χ4v) is 1.77. The molecule has 0 spiro atoms. The summed E-state index contributed by atoms with van der Waals surface area (Å²) in [6.07, 6.45) is -4.26. The molecule has 2 rings (SSSR count). The van der Waals surface area contributed by atoms with Crippen LogP contribution >= 0.6 is 15.9 Å². The third-order valence-electron chi connectivity index (χ3n) is 2.18. The Labute approximate surface area is 117 Å². The molecule has 0 amide bonds. The van der Waals surface area contributed by atoms with Crippen molar-refractivity contribution in [1.29, 1.82) is 0 Å². The van der Waals surface area contributed by atoms with E-state index in [0.29, 0.717) is 0 Å². The minimum absolute atomic E-state index is 0.0764. The zero-order valence-electron chi connectivity index (χ0n) is 9.79. The van der Waals surface area contributed by atoms with Crippen LogP contribution in [0.25, 0.3) is 0 Å². The summed E-state index contributed by atoms with van der Waals surface area (Å²) in [5.41, 5.74) is 0.104. The molecule has 2 aromatic carbocycles. The zero-order chi connectivity index (χ0) is 14.3. The zero-order valence-corrected chi connectivity index (χ0v) is 11.4. The summed E-state index contributed by atoms with van der Waals surface area (Å²) < 4.78 is 47.9. The number of benzene rings is 2. The largest absolute Gasteiger partial charge is 0.417 e. The van der Waals surface area contributed by atoms with Gasteiger partial charge in [-0.15, -0.1) is 0 Å². The SMILES string of the molecule is FC(F)(F)c1ccccc1Br.FCc1ccccc1. The molecule has 0 heterocycles. The smallest absolute Gasteiger partial charge is 0.246 e. The van der Waals surface area contributed by atoms with Crippen LogP contribution in [0.5, 0.6) is 0 Å². The highest BCUT2D eigenvalue weighted by molar-refractivity contribution is 9.10. The summed E-state index contributed by atoms with van der Waals surface area (Å²) in [6.45, 7) is -0.360. The summed E-state index contributed by atoms with van der Waals surface area (Å²) in [6, 6.07) is 14.4. The summed E-state index contributed by atoms with van der Waals surface area (Å²) in [4.78, 5) is 0. The van der Waals surface area contributed by atoms with E-state index in [0.717, 1.165) is 11.6 Å². The monoisotopic (exact) mass is 334 g/mol. The Hall–Kier alpha value is -1.36. The molecule has 102 valence electrons. The molecule has 0 aromatic heterocycles. The van der Waals surface area contributed by atoms with Gasteiger partial charge in [-0.25, -0.2) is 4.39 Å². The van der Waals surface area contributed by atoms with Crippen LogP contribution in [0.1, 0.15) is 11.1 Å². The first-order valence-corrected chi connectivity index (χ1v) is 6.16. The fraction of sp³-hybridized carbons (Fsp3) is 0.143. The highest BCUT2D eigenvalue weighted by atomic mass is 79.9. The number of alkyl halides is 4. The van der Waals surface area contributed by atoms with Crippen molar-refractivity contribution in [2.45, 2.75) is 12.9 Å². The molecule has 0 atom stereocenters. The van der Waals surface area contributed by atoms with E-state index in [1.54, 1.807) is 18.2 Å². The van der Waals surface area contributed by atoms with Gasteiger partial charge >= 0.3 is 6.18 Å². The molecule has 0 radical (unpaired) electrons. The molecular formula is C14H11BrF4. The van der Waals surface area contributed by atoms with Gasteiger partial charge in [-0.1, -0.05) is 58.4 Å². The first-order chi connectivity index (χ1) is 8.95. The van der Waals surface area contributed by atoms with Gasteiger partial charge in [0.25, 0.3) is 0 Å². The van der Waals surface area contributed by atoms with Crippen LogP contribution in [0, 0.1) is 0 Å². The second kappa shape index (κ2) is 7.28. The average Bonchev–Trinajstić information content (AvgIpc) is 2.39. The Balaban J connectivity index is 0.000000200. The van der Waals surface area contributed by atoms with Gasteiger partial charge in [0.15, 0.2) is 0 Å². The van der Waals surface area contributed by atoms with Crippen LogP contribution in [-0.4, -0.2) is 0 Å². The van der Waals surface area contributed by atoms with Gasteiger partial charge in [-0.2, -0.15) is 13.2 Å². The van der Waals surface area contributed by atoms with Crippen molar-refractivity contribution in [2.75, 3.05) is 0 Å². The van der Waals surface area contributed by atoms with E-state index in [9.17, 15) is 17.6 Å². The van der Waals surface area contributed by atoms with E-state index in [-0.39, 0.29) is 11.1 Å². The molecule has 0 aliphatic carbocycles. The number of rotatable bonds is 1. The molecule has 5 heteroatoms. The number of halogens is 5. The maximum atomic E-state index is 12.0. The maximum absolute atomic E-state index is 12.0. The van der Waals surface area contributed by atoms with Crippen molar-refractivity contribution < 1.29 is 17.6 Å². The van der Waals surface area contributed by atoms with Crippen molar-refractivity contribution in [1.82, 2.24) is 0 Å². The predicted octanol–water partition coefficient (Wildman–Crippen LogP) is 5.62. The van der Waals surface area contributed by atoms with Crippen LogP contribution in [-0.2, 0) is 12.9 Å². The lowest BCUT2D eigenvalue weighted by Crippen LogP contribution is -2.05. The second-order valence-corrected chi connectivity index (χ2v) is 4.45. The van der Waals surface area contributed by atoms with Gasteiger partial charge < -0.3 is 0 Å². The molecule has 0 N–H and O–H groups in total. The summed E-state index contributed by atoms with van der Waals surface area (Å²) in [5.74, 6) is 0. The van der Waals surface area contributed by atoms with Crippen molar-refractivity contribution >= 4 is 15.9 Å². The van der Waals surface area contributed by atoms with Crippen LogP contribution in [0.3, 0.4) is 0 Å². The first kappa shape index (κ1) is 15.7. The molecule has 0 saturated carbocycles. The highest BCUT2D eigenvalue weighted by Gasteiger charge is 2.32. The van der Waals surface area contributed by atoms with Crippen LogP contribution < -0.4 is 0 Å². The summed E-state index contributed by atoms with van der Waals surface area (Å²) in [5, 5.41) is 0. The van der Waals surface area contributed by atoms with Crippen molar-refractivity contribution in [3.05, 3.63) is 70.2 Å². The lowest BCUT2D eigenvalue weighted by atomic mass is 10.2. The highest BCUT2D eigenvalue weighted by Crippen LogP contribution is 2.34. The fourth-order valence-electron chi connectivity index (χ4n) is 1.26. The Morgan fingerprint density at radius 1 is 0.842 bits per heavy atom. The van der Waals surface area contributed by atoms with Crippen LogP contribution in [0.15, 0.2) is 59.1 Å². The predicted molar refractivity (Wildman–Crippen MR) is 70.4 cm³/mol. The van der Waals surface area contributed by atoms with E-state index < -0.39 is 11.7 Å². The molecule has 2 aromatic rings. The standard InChI is InChI=1S/C7H4BrF3.C7H7F/c8-6-4-2-1-3-5(6)7(9,10)11;8-6-7-4-2-1-3-5-7/h1-4H;1-5H,6H2. The van der Waals surface area contributed by atoms with Crippen LogP contribution in [0.2, 0.25) is 0 Å². The van der Waals surface area contributed by atoms with Gasteiger partial charge in [0, 0.05) is 4.47 Å². The third kappa shape index (κ3) is 5.42. The summed E-state index contributed by atoms with van der Waals surface area (Å²) in [7, 11) is 0. The molecule has 0 fully saturated rings. The lowest BCUT2D eigenvalue weighted by molar-refractivity contribution is -0.138. The van der Waals surface area contributed by atoms with Crippen molar-refractivity contribution in [3.63, 3.8) is 0 Å². The van der Waals surface area contributed by atoms with E-state index in [4.69, 9.17) is 0 Å². The Bertz CT molecular complexity index is 494. The quantitative estimate of drug-likeness (QED) is 0.593. The van der Waals surface area contributed by atoms with Gasteiger partial charge in [0.05, 0.1) is 5.56 Å². The lowest BCUT2D eigenvalue weighted by Gasteiger charge is -2.07. The molecule has 0 aliphatic heterocycles. The molecular weight excluding hydrogens is 324 g/mol. The Morgan fingerprint density at radius 2 is 1.37 bits per heavy atom. The first-order valence-electron chi connectivity index (χ1n) is 5.36. The van der Waals surface area contributed by atoms with Gasteiger partial charge in [0.1, 0.15) is 6.67 Å². The van der Waals surface area contributed by atoms with E-state index >= 15 is 0 Å². The van der Waals surface area contributed by atoms with Crippen molar-refractivity contribution in [3.8, 4) is 0 Å². The maximum Gasteiger partial charge on any atom is 0.417 e. The second-order valence-electron chi connectivity index (χ2n) is 3.60. The molecule has 0 unspecified atom stereocenters. The molecule has 19 heavy (non-hydrogen) atoms. The minimum atomic E-state index is -4.26. The molecule has 0 aliphatic rings. The molecule has 0 nitrogen and oxygen atoms in total. The molecule has 0 saturated heterocycles. The number of hydrogen-bond donors (Lipinski definition) is 0. The summed E-state index contributed by atoms with van der Waals surface area (Å²) >= 11 is 2.81. The van der Waals surface area contributed by atoms with Gasteiger partial charge in [0.2, 0.25) is 0 Å². The normalized spacial score (nSPS) is 10.6. The van der Waals surface area contributed by atoms with E-state index in [2.05, 4.69) is 15.9 Å². The molecule has 0 bridgehead atoms. The van der Waals surface area contributed by atoms with Crippen LogP contribution in [0.4, 0.5) is 17.6 Å². The van der Waals surface area contributed by atoms with Crippen molar-refractivity contribution in [2.24, 2.45) is 0 Å². The van der Waals surface area contributed by atoms with Gasteiger partial charge in [-0.3, -0.25) is 0 Å². The Morgan fingerprint density at radius 3 is 1.74 bits per heavy atom. The average molecular weight is 335 g/mol. The minimum Gasteiger partial charge on any atom is -0.246 e. The third-order valence-corrected chi connectivity index (χ3v) is 2.87. The van der Waals surface area contributed by atoms with Gasteiger partial charge in [-0.05, 0) is 17.7 Å². The van der Waals surface area contributed by atoms with E-state index in [1.807, 2.05) is 18.2 Å².